The van der Waals surface area contributed by atoms with Crippen molar-refractivity contribution in [3.05, 3.63) is 45.6 Å². The molecule has 0 N–H and O–H groups in total. The van der Waals surface area contributed by atoms with Gasteiger partial charge in [0, 0.05) is 13.6 Å². The standard InChI is InChI=1S/C16H17NO3S/c1-11-5-8-21-15(11)16(18)17(2)10-12-3-4-13-14(9-12)20-7-6-19-13/h3-5,8-9H,6-7,10H2,1-2H3. The largest absolute Gasteiger partial charge is 0.486 e. The molecule has 4 nitrogen and oxygen atoms in total. The van der Waals surface area contributed by atoms with Crippen molar-refractivity contribution in [3.63, 3.8) is 0 Å². The molecule has 3 rings (SSSR count). The lowest BCUT2D eigenvalue weighted by Crippen LogP contribution is -2.26. The smallest absolute Gasteiger partial charge is 0.264 e. The summed E-state index contributed by atoms with van der Waals surface area (Å²) in [6.45, 7) is 3.66. The molecule has 1 aliphatic heterocycles. The summed E-state index contributed by atoms with van der Waals surface area (Å²) in [5.74, 6) is 1.58. The van der Waals surface area contributed by atoms with Crippen molar-refractivity contribution in [2.24, 2.45) is 0 Å². The Balaban J connectivity index is 1.74. The third-order valence-corrected chi connectivity index (χ3v) is 4.43. The fourth-order valence-corrected chi connectivity index (χ4v) is 3.22. The number of aryl methyl sites for hydroxylation is 1. The van der Waals surface area contributed by atoms with E-state index < -0.39 is 0 Å². The van der Waals surface area contributed by atoms with Crippen molar-refractivity contribution < 1.29 is 14.3 Å². The average Bonchev–Trinajstić information content (AvgIpc) is 2.92. The Kier molecular flexibility index (Phi) is 3.84. The van der Waals surface area contributed by atoms with E-state index in [-0.39, 0.29) is 5.91 Å². The van der Waals surface area contributed by atoms with Crippen LogP contribution in [0.15, 0.2) is 29.6 Å². The van der Waals surface area contributed by atoms with E-state index >= 15 is 0 Å². The molecular weight excluding hydrogens is 286 g/mol. The van der Waals surface area contributed by atoms with Gasteiger partial charge in [-0.15, -0.1) is 11.3 Å². The van der Waals surface area contributed by atoms with E-state index in [4.69, 9.17) is 9.47 Å². The number of thiophene rings is 1. The molecule has 0 saturated carbocycles. The van der Waals surface area contributed by atoms with E-state index in [9.17, 15) is 4.79 Å². The number of rotatable bonds is 3. The fourth-order valence-electron chi connectivity index (χ4n) is 2.30. The summed E-state index contributed by atoms with van der Waals surface area (Å²) in [6.07, 6.45) is 0. The molecule has 0 radical (unpaired) electrons. The Morgan fingerprint density at radius 3 is 2.71 bits per heavy atom. The van der Waals surface area contributed by atoms with Crippen LogP contribution in [0.25, 0.3) is 0 Å². The Bertz CT molecular complexity index is 665. The Labute approximate surface area is 127 Å². The molecule has 2 heterocycles. The average molecular weight is 303 g/mol. The highest BCUT2D eigenvalue weighted by atomic mass is 32.1. The highest BCUT2D eigenvalue weighted by Crippen LogP contribution is 2.31. The Morgan fingerprint density at radius 2 is 2.00 bits per heavy atom. The molecule has 0 spiro atoms. The maximum Gasteiger partial charge on any atom is 0.264 e. The van der Waals surface area contributed by atoms with Crippen LogP contribution in [0, 0.1) is 6.92 Å². The number of amides is 1. The lowest BCUT2D eigenvalue weighted by molar-refractivity contribution is 0.0789. The quantitative estimate of drug-likeness (QED) is 0.874. The summed E-state index contributed by atoms with van der Waals surface area (Å²) in [4.78, 5) is 14.9. The van der Waals surface area contributed by atoms with E-state index in [0.29, 0.717) is 19.8 Å². The van der Waals surface area contributed by atoms with E-state index in [1.807, 2.05) is 43.6 Å². The third-order valence-electron chi connectivity index (χ3n) is 3.43. The summed E-state index contributed by atoms with van der Waals surface area (Å²) < 4.78 is 11.1. The van der Waals surface area contributed by atoms with Crippen LogP contribution < -0.4 is 9.47 Å². The van der Waals surface area contributed by atoms with Crippen molar-refractivity contribution in [2.75, 3.05) is 20.3 Å². The Hall–Kier alpha value is -2.01. The van der Waals surface area contributed by atoms with E-state index in [0.717, 1.165) is 27.5 Å². The number of carbonyl (C=O) groups excluding carboxylic acids is 1. The van der Waals surface area contributed by atoms with E-state index in [1.165, 1.54) is 11.3 Å². The molecule has 1 amide bonds. The number of hydrogen-bond acceptors (Lipinski definition) is 4. The zero-order valence-corrected chi connectivity index (χ0v) is 12.9. The maximum absolute atomic E-state index is 12.4. The first-order valence-electron chi connectivity index (χ1n) is 6.83. The molecular formula is C16H17NO3S. The van der Waals surface area contributed by atoms with Gasteiger partial charge in [0.05, 0.1) is 4.88 Å². The highest BCUT2D eigenvalue weighted by molar-refractivity contribution is 7.12. The van der Waals surface area contributed by atoms with Crippen LogP contribution in [-0.4, -0.2) is 31.1 Å². The summed E-state index contributed by atoms with van der Waals surface area (Å²) in [6, 6.07) is 7.78. The molecule has 110 valence electrons. The summed E-state index contributed by atoms with van der Waals surface area (Å²) >= 11 is 1.48. The van der Waals surface area contributed by atoms with Crippen LogP contribution in [0.2, 0.25) is 0 Å². The van der Waals surface area contributed by atoms with Crippen LogP contribution in [0.1, 0.15) is 20.8 Å². The Morgan fingerprint density at radius 1 is 1.24 bits per heavy atom. The zero-order chi connectivity index (χ0) is 14.8. The van der Waals surface area contributed by atoms with Crippen molar-refractivity contribution in [2.45, 2.75) is 13.5 Å². The topological polar surface area (TPSA) is 38.8 Å². The van der Waals surface area contributed by atoms with Gasteiger partial charge in [-0.2, -0.15) is 0 Å². The normalized spacial score (nSPS) is 13.0. The minimum atomic E-state index is 0.0531. The maximum atomic E-state index is 12.4. The van der Waals surface area contributed by atoms with Crippen molar-refractivity contribution in [1.82, 2.24) is 4.90 Å². The first-order valence-corrected chi connectivity index (χ1v) is 7.71. The van der Waals surface area contributed by atoms with Gasteiger partial charge in [0.25, 0.3) is 5.91 Å². The van der Waals surface area contributed by atoms with Crippen LogP contribution in [0.4, 0.5) is 0 Å². The fraction of sp³-hybridized carbons (Fsp3) is 0.312. The number of hydrogen-bond donors (Lipinski definition) is 0. The van der Waals surface area contributed by atoms with E-state index in [2.05, 4.69) is 0 Å². The van der Waals surface area contributed by atoms with E-state index in [1.54, 1.807) is 4.90 Å². The number of nitrogens with zero attached hydrogens (tertiary/aromatic N) is 1. The van der Waals surface area contributed by atoms with Gasteiger partial charge in [-0.05, 0) is 41.6 Å². The second kappa shape index (κ2) is 5.77. The molecule has 0 unspecified atom stereocenters. The number of carbonyl (C=O) groups is 1. The molecule has 0 atom stereocenters. The summed E-state index contributed by atoms with van der Waals surface area (Å²) in [5, 5.41) is 1.94. The van der Waals surface area contributed by atoms with Crippen molar-refractivity contribution in [3.8, 4) is 11.5 Å². The van der Waals surface area contributed by atoms with Gasteiger partial charge < -0.3 is 14.4 Å². The van der Waals surface area contributed by atoms with Crippen molar-refractivity contribution in [1.29, 1.82) is 0 Å². The predicted octanol–water partition coefficient (Wildman–Crippen LogP) is 3.10. The predicted molar refractivity (Wildman–Crippen MR) is 82.3 cm³/mol. The van der Waals surface area contributed by atoms with Gasteiger partial charge in [-0.1, -0.05) is 6.07 Å². The molecule has 1 aromatic carbocycles. The second-order valence-corrected chi connectivity index (χ2v) is 5.99. The number of benzene rings is 1. The second-order valence-electron chi connectivity index (χ2n) is 5.07. The van der Waals surface area contributed by atoms with Gasteiger partial charge in [0.2, 0.25) is 0 Å². The molecule has 0 bridgehead atoms. The van der Waals surface area contributed by atoms with Gasteiger partial charge >= 0.3 is 0 Å². The number of ether oxygens (including phenoxy) is 2. The molecule has 21 heavy (non-hydrogen) atoms. The molecule has 1 aromatic heterocycles. The molecule has 1 aliphatic rings. The molecule has 5 heteroatoms. The van der Waals surface area contributed by atoms with Crippen LogP contribution >= 0.6 is 11.3 Å². The SMILES string of the molecule is Cc1ccsc1C(=O)N(C)Cc1ccc2c(c1)OCCO2. The molecule has 0 saturated heterocycles. The van der Waals surface area contributed by atoms with Crippen molar-refractivity contribution >= 4 is 17.2 Å². The van der Waals surface area contributed by atoms with Crippen LogP contribution in [-0.2, 0) is 6.54 Å². The van der Waals surface area contributed by atoms with Gasteiger partial charge in [-0.3, -0.25) is 4.79 Å². The van der Waals surface area contributed by atoms with Crippen LogP contribution in [0.3, 0.4) is 0 Å². The molecule has 0 aliphatic carbocycles. The summed E-state index contributed by atoms with van der Waals surface area (Å²) in [5.41, 5.74) is 2.06. The molecule has 0 fully saturated rings. The minimum Gasteiger partial charge on any atom is -0.486 e. The number of fused-ring (bicyclic) bond motifs is 1. The zero-order valence-electron chi connectivity index (χ0n) is 12.1. The molecule has 2 aromatic rings. The van der Waals surface area contributed by atoms with Crippen LogP contribution in [0.5, 0.6) is 11.5 Å². The first kappa shape index (κ1) is 13.9. The van der Waals surface area contributed by atoms with Gasteiger partial charge in [-0.25, -0.2) is 0 Å². The lowest BCUT2D eigenvalue weighted by Gasteiger charge is -2.21. The van der Waals surface area contributed by atoms with Gasteiger partial charge in [0.15, 0.2) is 11.5 Å². The highest BCUT2D eigenvalue weighted by Gasteiger charge is 2.17. The van der Waals surface area contributed by atoms with Gasteiger partial charge in [0.1, 0.15) is 13.2 Å². The summed E-state index contributed by atoms with van der Waals surface area (Å²) in [7, 11) is 1.82. The third kappa shape index (κ3) is 2.88. The monoisotopic (exact) mass is 303 g/mol. The first-order chi connectivity index (χ1) is 10.1. The lowest BCUT2D eigenvalue weighted by atomic mass is 10.1. The minimum absolute atomic E-state index is 0.0531.